The highest BCUT2D eigenvalue weighted by molar-refractivity contribution is 7.99. The fourth-order valence-electron chi connectivity index (χ4n) is 3.31. The largest absolute Gasteiger partial charge is 0.329 e. The lowest BCUT2D eigenvalue weighted by atomic mass is 9.74. The van der Waals surface area contributed by atoms with Gasteiger partial charge in [-0.25, -0.2) is 0 Å². The third-order valence-corrected chi connectivity index (χ3v) is 5.62. The molecule has 2 nitrogen and oxygen atoms in total. The van der Waals surface area contributed by atoms with E-state index in [1.54, 1.807) is 0 Å². The molecule has 3 heteroatoms. The van der Waals surface area contributed by atoms with Crippen LogP contribution in [0.15, 0.2) is 0 Å². The summed E-state index contributed by atoms with van der Waals surface area (Å²) >= 11 is 2.09. The summed E-state index contributed by atoms with van der Waals surface area (Å²) in [6.45, 7) is 5.73. The average Bonchev–Trinajstić information content (AvgIpc) is 2.40. The van der Waals surface area contributed by atoms with E-state index in [2.05, 4.69) is 23.6 Å². The third kappa shape index (κ3) is 2.57. The van der Waals surface area contributed by atoms with Gasteiger partial charge >= 0.3 is 0 Å². The first kappa shape index (κ1) is 12.7. The summed E-state index contributed by atoms with van der Waals surface area (Å²) in [5.74, 6) is 3.58. The van der Waals surface area contributed by atoms with E-state index in [0.29, 0.717) is 5.54 Å². The van der Waals surface area contributed by atoms with E-state index in [1.807, 2.05) is 0 Å². The van der Waals surface area contributed by atoms with Crippen LogP contribution in [0, 0.1) is 5.92 Å². The van der Waals surface area contributed by atoms with Gasteiger partial charge in [0.05, 0.1) is 0 Å². The second-order valence-electron chi connectivity index (χ2n) is 5.38. The summed E-state index contributed by atoms with van der Waals surface area (Å²) in [7, 11) is 0. The van der Waals surface area contributed by atoms with Gasteiger partial charge in [0.2, 0.25) is 0 Å². The Bertz CT molecular complexity index is 206. The van der Waals surface area contributed by atoms with E-state index in [9.17, 15) is 0 Å². The van der Waals surface area contributed by atoms with Crippen LogP contribution in [-0.2, 0) is 0 Å². The molecule has 0 atom stereocenters. The van der Waals surface area contributed by atoms with Crippen molar-refractivity contribution in [2.24, 2.45) is 11.7 Å². The van der Waals surface area contributed by atoms with Gasteiger partial charge in [0.25, 0.3) is 0 Å². The molecule has 1 heterocycles. The second-order valence-corrected chi connectivity index (χ2v) is 6.60. The van der Waals surface area contributed by atoms with Crippen LogP contribution in [0.2, 0.25) is 0 Å². The molecule has 1 aliphatic carbocycles. The molecule has 0 aromatic carbocycles. The van der Waals surface area contributed by atoms with Gasteiger partial charge in [0, 0.05) is 36.7 Å². The highest BCUT2D eigenvalue weighted by Crippen LogP contribution is 2.38. The number of thioether (sulfide) groups is 1. The fourth-order valence-corrected chi connectivity index (χ4v) is 4.21. The molecule has 94 valence electrons. The molecule has 16 heavy (non-hydrogen) atoms. The van der Waals surface area contributed by atoms with Crippen LogP contribution in [0.25, 0.3) is 0 Å². The first-order valence-corrected chi connectivity index (χ1v) is 7.99. The maximum atomic E-state index is 6.11. The summed E-state index contributed by atoms with van der Waals surface area (Å²) in [4.78, 5) is 2.70. The molecule has 0 radical (unpaired) electrons. The molecule has 0 unspecified atom stereocenters. The normalized spacial score (nSPS) is 37.5. The van der Waals surface area contributed by atoms with Gasteiger partial charge < -0.3 is 5.73 Å². The van der Waals surface area contributed by atoms with Crippen LogP contribution < -0.4 is 5.73 Å². The first-order chi connectivity index (χ1) is 7.80. The van der Waals surface area contributed by atoms with Crippen LogP contribution in [0.4, 0.5) is 0 Å². The van der Waals surface area contributed by atoms with Crippen molar-refractivity contribution in [1.29, 1.82) is 0 Å². The van der Waals surface area contributed by atoms with E-state index >= 15 is 0 Å². The van der Waals surface area contributed by atoms with E-state index in [1.165, 1.54) is 56.7 Å². The molecular formula is C13H26N2S. The molecule has 0 aromatic heterocycles. The van der Waals surface area contributed by atoms with Gasteiger partial charge in [0.1, 0.15) is 0 Å². The first-order valence-electron chi connectivity index (χ1n) is 6.83. The van der Waals surface area contributed by atoms with Crippen molar-refractivity contribution in [2.45, 2.75) is 44.6 Å². The smallest absolute Gasteiger partial charge is 0.0332 e. The lowest BCUT2D eigenvalue weighted by molar-refractivity contribution is 0.0501. The van der Waals surface area contributed by atoms with Crippen LogP contribution >= 0.6 is 11.8 Å². The molecule has 2 fully saturated rings. The molecule has 2 aliphatic rings. The Morgan fingerprint density at radius 2 is 1.88 bits per heavy atom. The van der Waals surface area contributed by atoms with Crippen molar-refractivity contribution in [1.82, 2.24) is 4.90 Å². The summed E-state index contributed by atoms with van der Waals surface area (Å²) in [6.07, 6.45) is 6.84. The zero-order chi connectivity index (χ0) is 11.4. The molecule has 1 aliphatic heterocycles. The Labute approximate surface area is 104 Å². The van der Waals surface area contributed by atoms with Crippen LogP contribution in [0.3, 0.4) is 0 Å². The Kier molecular flexibility index (Phi) is 4.57. The summed E-state index contributed by atoms with van der Waals surface area (Å²) in [5.41, 5.74) is 6.48. The number of hydrogen-bond donors (Lipinski definition) is 1. The van der Waals surface area contributed by atoms with E-state index in [-0.39, 0.29) is 0 Å². The molecule has 2 N–H and O–H groups in total. The number of nitrogens with zero attached hydrogens (tertiary/aromatic N) is 1. The van der Waals surface area contributed by atoms with Crippen molar-refractivity contribution >= 4 is 11.8 Å². The molecule has 0 amide bonds. The minimum Gasteiger partial charge on any atom is -0.329 e. The predicted octanol–water partition coefficient (Wildman–Crippen LogP) is 2.33. The number of nitrogens with two attached hydrogens (primary N) is 1. The zero-order valence-electron chi connectivity index (χ0n) is 10.6. The highest BCUT2D eigenvalue weighted by atomic mass is 32.2. The Balaban J connectivity index is 1.96. The van der Waals surface area contributed by atoms with Gasteiger partial charge in [-0.2, -0.15) is 11.8 Å². The quantitative estimate of drug-likeness (QED) is 0.823. The minimum atomic E-state index is 0.368. The summed E-state index contributed by atoms with van der Waals surface area (Å²) in [6, 6.07) is 0. The Hall–Kier alpha value is 0.270. The molecule has 2 rings (SSSR count). The Morgan fingerprint density at radius 1 is 1.25 bits per heavy atom. The number of hydrogen-bond acceptors (Lipinski definition) is 3. The van der Waals surface area contributed by atoms with Crippen molar-refractivity contribution in [3.8, 4) is 0 Å². The highest BCUT2D eigenvalue weighted by Gasteiger charge is 2.39. The van der Waals surface area contributed by atoms with Crippen LogP contribution in [0.5, 0.6) is 0 Å². The monoisotopic (exact) mass is 242 g/mol. The molecule has 0 aromatic rings. The fraction of sp³-hybridized carbons (Fsp3) is 1.00. The maximum absolute atomic E-state index is 6.11. The van der Waals surface area contributed by atoms with Crippen molar-refractivity contribution in [2.75, 3.05) is 31.1 Å². The van der Waals surface area contributed by atoms with Gasteiger partial charge in [-0.15, -0.1) is 0 Å². The van der Waals surface area contributed by atoms with Crippen LogP contribution in [-0.4, -0.2) is 41.6 Å². The van der Waals surface area contributed by atoms with Crippen molar-refractivity contribution in [3.63, 3.8) is 0 Å². The SMILES string of the molecule is CCC1CCC(CN)(N2CCSCC2)CC1. The van der Waals surface area contributed by atoms with Gasteiger partial charge in [0.15, 0.2) is 0 Å². The molecule has 0 bridgehead atoms. The van der Waals surface area contributed by atoms with Gasteiger partial charge in [-0.1, -0.05) is 13.3 Å². The van der Waals surface area contributed by atoms with Crippen molar-refractivity contribution in [3.05, 3.63) is 0 Å². The summed E-state index contributed by atoms with van der Waals surface area (Å²) < 4.78 is 0. The van der Waals surface area contributed by atoms with E-state index < -0.39 is 0 Å². The average molecular weight is 242 g/mol. The maximum Gasteiger partial charge on any atom is 0.0332 e. The lowest BCUT2D eigenvalue weighted by Crippen LogP contribution is -2.58. The van der Waals surface area contributed by atoms with E-state index in [0.717, 1.165) is 12.5 Å². The Morgan fingerprint density at radius 3 is 2.38 bits per heavy atom. The second kappa shape index (κ2) is 5.74. The minimum absolute atomic E-state index is 0.368. The molecule has 1 saturated carbocycles. The van der Waals surface area contributed by atoms with Crippen molar-refractivity contribution < 1.29 is 0 Å². The standard InChI is InChI=1S/C13H26N2S/c1-2-12-3-5-13(11-14,6-4-12)15-7-9-16-10-8-15/h12H,2-11,14H2,1H3. The topological polar surface area (TPSA) is 29.3 Å². The van der Waals surface area contributed by atoms with Gasteiger partial charge in [-0.3, -0.25) is 4.90 Å². The molecular weight excluding hydrogens is 216 g/mol. The van der Waals surface area contributed by atoms with Gasteiger partial charge in [-0.05, 0) is 31.6 Å². The summed E-state index contributed by atoms with van der Waals surface area (Å²) in [5, 5.41) is 0. The number of rotatable bonds is 3. The third-order valence-electron chi connectivity index (χ3n) is 4.68. The predicted molar refractivity (Wildman–Crippen MR) is 72.9 cm³/mol. The van der Waals surface area contributed by atoms with E-state index in [4.69, 9.17) is 5.73 Å². The zero-order valence-corrected chi connectivity index (χ0v) is 11.4. The molecule has 1 saturated heterocycles. The molecule has 0 spiro atoms. The lowest BCUT2D eigenvalue weighted by Gasteiger charge is -2.49. The van der Waals surface area contributed by atoms with Crippen LogP contribution in [0.1, 0.15) is 39.0 Å².